The quantitative estimate of drug-likeness (QED) is 0.910. The van der Waals surface area contributed by atoms with Gasteiger partial charge in [-0.05, 0) is 43.7 Å². The average molecular weight is 269 g/mol. The van der Waals surface area contributed by atoms with Crippen molar-refractivity contribution in [2.45, 2.75) is 44.2 Å². The van der Waals surface area contributed by atoms with Crippen molar-refractivity contribution in [1.29, 1.82) is 0 Å². The Balaban J connectivity index is 2.33. The summed E-state index contributed by atoms with van der Waals surface area (Å²) >= 11 is 0. The minimum Gasteiger partial charge on any atom is -0.376 e. The third-order valence-corrected chi connectivity index (χ3v) is 4.40. The average Bonchev–Trinajstić information content (AvgIpc) is 2.39. The molecule has 106 valence electrons. The molecule has 1 saturated carbocycles. The van der Waals surface area contributed by atoms with Crippen LogP contribution in [-0.4, -0.2) is 12.7 Å². The predicted octanol–water partition coefficient (Wildman–Crippen LogP) is 3.56. The highest BCUT2D eigenvalue weighted by Crippen LogP contribution is 2.42. The monoisotopic (exact) mass is 269 g/mol. The number of rotatable bonds is 3. The lowest BCUT2D eigenvalue weighted by Gasteiger charge is -2.42. The largest absolute Gasteiger partial charge is 0.376 e. The third-order valence-electron chi connectivity index (χ3n) is 4.40. The summed E-state index contributed by atoms with van der Waals surface area (Å²) in [6, 6.07) is 3.06. The molecule has 0 heterocycles. The topological polar surface area (TPSA) is 35.2 Å². The van der Waals surface area contributed by atoms with E-state index in [1.54, 1.807) is 7.11 Å². The highest BCUT2D eigenvalue weighted by molar-refractivity contribution is 5.26. The Hall–Kier alpha value is -1.00. The van der Waals surface area contributed by atoms with E-state index in [4.69, 9.17) is 10.5 Å². The lowest BCUT2D eigenvalue weighted by molar-refractivity contribution is -0.0685. The molecule has 19 heavy (non-hydrogen) atoms. The summed E-state index contributed by atoms with van der Waals surface area (Å²) < 4.78 is 33.3. The van der Waals surface area contributed by atoms with Crippen molar-refractivity contribution in [3.05, 3.63) is 35.4 Å². The second-order valence-electron chi connectivity index (χ2n) is 5.56. The lowest BCUT2D eigenvalue weighted by Crippen LogP contribution is -2.46. The van der Waals surface area contributed by atoms with Crippen LogP contribution in [0, 0.1) is 17.6 Å². The SMILES string of the molecule is COC1(C(N)c2c(F)cccc2F)CCC(C)CC1. The Morgan fingerprint density at radius 3 is 2.26 bits per heavy atom. The first-order valence-corrected chi connectivity index (χ1v) is 6.75. The first-order valence-electron chi connectivity index (χ1n) is 6.75. The maximum atomic E-state index is 13.9. The van der Waals surface area contributed by atoms with E-state index in [2.05, 4.69) is 6.92 Å². The summed E-state index contributed by atoms with van der Waals surface area (Å²) in [7, 11) is 1.58. The van der Waals surface area contributed by atoms with Gasteiger partial charge in [-0.2, -0.15) is 0 Å². The summed E-state index contributed by atoms with van der Waals surface area (Å²) in [5.41, 5.74) is 5.44. The van der Waals surface area contributed by atoms with Gasteiger partial charge in [-0.3, -0.25) is 0 Å². The number of nitrogens with two attached hydrogens (primary N) is 1. The summed E-state index contributed by atoms with van der Waals surface area (Å²) in [5, 5.41) is 0. The third kappa shape index (κ3) is 2.65. The number of hydrogen-bond acceptors (Lipinski definition) is 2. The minimum absolute atomic E-state index is 0.0566. The molecule has 1 unspecified atom stereocenters. The van der Waals surface area contributed by atoms with Crippen LogP contribution >= 0.6 is 0 Å². The highest BCUT2D eigenvalue weighted by Gasteiger charge is 2.42. The molecule has 1 aliphatic carbocycles. The van der Waals surface area contributed by atoms with E-state index in [1.807, 2.05) is 0 Å². The summed E-state index contributed by atoms with van der Waals surface area (Å²) in [4.78, 5) is 0. The molecule has 0 aromatic heterocycles. The van der Waals surface area contributed by atoms with Crippen LogP contribution in [0.1, 0.15) is 44.2 Å². The molecule has 0 aliphatic heterocycles. The van der Waals surface area contributed by atoms with Gasteiger partial charge in [0.1, 0.15) is 11.6 Å². The smallest absolute Gasteiger partial charge is 0.131 e. The Morgan fingerprint density at radius 2 is 1.79 bits per heavy atom. The van der Waals surface area contributed by atoms with Crippen LogP contribution in [0.2, 0.25) is 0 Å². The van der Waals surface area contributed by atoms with Gasteiger partial charge in [-0.1, -0.05) is 13.0 Å². The normalized spacial score (nSPS) is 29.2. The van der Waals surface area contributed by atoms with Crippen molar-refractivity contribution < 1.29 is 13.5 Å². The van der Waals surface area contributed by atoms with Gasteiger partial charge < -0.3 is 10.5 Å². The Bertz CT molecular complexity index is 422. The van der Waals surface area contributed by atoms with E-state index >= 15 is 0 Å². The molecule has 1 atom stereocenters. The van der Waals surface area contributed by atoms with Gasteiger partial charge in [0.15, 0.2) is 0 Å². The molecule has 0 amide bonds. The number of benzene rings is 1. The molecule has 0 radical (unpaired) electrons. The predicted molar refractivity (Wildman–Crippen MR) is 70.7 cm³/mol. The molecule has 1 aliphatic rings. The maximum Gasteiger partial charge on any atom is 0.131 e. The van der Waals surface area contributed by atoms with Crippen LogP contribution in [0.3, 0.4) is 0 Å². The van der Waals surface area contributed by atoms with Crippen molar-refractivity contribution in [2.24, 2.45) is 11.7 Å². The molecule has 0 bridgehead atoms. The van der Waals surface area contributed by atoms with E-state index < -0.39 is 23.3 Å². The fraction of sp³-hybridized carbons (Fsp3) is 0.600. The summed E-state index contributed by atoms with van der Waals surface area (Å²) in [6.45, 7) is 2.18. The van der Waals surface area contributed by atoms with Crippen molar-refractivity contribution in [3.8, 4) is 0 Å². The maximum absolute atomic E-state index is 13.9. The number of methoxy groups -OCH3 is 1. The minimum atomic E-state index is -0.772. The second-order valence-corrected chi connectivity index (χ2v) is 5.56. The first kappa shape index (κ1) is 14.4. The summed E-state index contributed by atoms with van der Waals surface area (Å²) in [6.07, 6.45) is 3.41. The summed E-state index contributed by atoms with van der Waals surface area (Å²) in [5.74, 6) is -0.578. The molecule has 2 nitrogen and oxygen atoms in total. The van der Waals surface area contributed by atoms with Gasteiger partial charge in [0.05, 0.1) is 11.6 Å². The number of ether oxygens (including phenoxy) is 1. The molecule has 1 aromatic rings. The molecular formula is C15H21F2NO. The van der Waals surface area contributed by atoms with E-state index in [1.165, 1.54) is 18.2 Å². The van der Waals surface area contributed by atoms with Gasteiger partial charge >= 0.3 is 0 Å². The van der Waals surface area contributed by atoms with Crippen LogP contribution in [0.15, 0.2) is 18.2 Å². The Labute approximate surface area is 112 Å². The standard InChI is InChI=1S/C15H21F2NO/c1-10-6-8-15(19-2,9-7-10)14(18)13-11(16)4-3-5-12(13)17/h3-5,10,14H,6-9,18H2,1-2H3. The van der Waals surface area contributed by atoms with Crippen LogP contribution in [0.4, 0.5) is 8.78 Å². The van der Waals surface area contributed by atoms with E-state index in [9.17, 15) is 8.78 Å². The molecule has 2 N–H and O–H groups in total. The van der Waals surface area contributed by atoms with Gasteiger partial charge in [0, 0.05) is 12.7 Å². The van der Waals surface area contributed by atoms with Crippen LogP contribution in [0.5, 0.6) is 0 Å². The van der Waals surface area contributed by atoms with Crippen LogP contribution in [0.25, 0.3) is 0 Å². The van der Waals surface area contributed by atoms with Crippen molar-refractivity contribution in [3.63, 3.8) is 0 Å². The first-order chi connectivity index (χ1) is 9.00. The molecule has 4 heteroatoms. The zero-order valence-corrected chi connectivity index (χ0v) is 11.5. The fourth-order valence-electron chi connectivity index (χ4n) is 2.96. The number of halogens is 2. The molecule has 2 rings (SSSR count). The van der Waals surface area contributed by atoms with Gasteiger partial charge in [0.2, 0.25) is 0 Å². The van der Waals surface area contributed by atoms with E-state index in [0.717, 1.165) is 25.7 Å². The van der Waals surface area contributed by atoms with Gasteiger partial charge in [-0.15, -0.1) is 0 Å². The molecule has 0 saturated heterocycles. The highest BCUT2D eigenvalue weighted by atomic mass is 19.1. The fourth-order valence-corrected chi connectivity index (χ4v) is 2.96. The molecule has 1 fully saturated rings. The van der Waals surface area contributed by atoms with Gasteiger partial charge in [0.25, 0.3) is 0 Å². The zero-order chi connectivity index (χ0) is 14.0. The zero-order valence-electron chi connectivity index (χ0n) is 11.5. The molecule has 0 spiro atoms. The van der Waals surface area contributed by atoms with Crippen LogP contribution < -0.4 is 5.73 Å². The molecular weight excluding hydrogens is 248 g/mol. The Kier molecular flexibility index (Phi) is 4.21. The van der Waals surface area contributed by atoms with E-state index in [0.29, 0.717) is 5.92 Å². The van der Waals surface area contributed by atoms with Gasteiger partial charge in [-0.25, -0.2) is 8.78 Å². The molecule has 1 aromatic carbocycles. The van der Waals surface area contributed by atoms with E-state index in [-0.39, 0.29) is 5.56 Å². The van der Waals surface area contributed by atoms with Crippen molar-refractivity contribution in [2.75, 3.05) is 7.11 Å². The van der Waals surface area contributed by atoms with Crippen molar-refractivity contribution in [1.82, 2.24) is 0 Å². The van der Waals surface area contributed by atoms with Crippen molar-refractivity contribution >= 4 is 0 Å². The second kappa shape index (κ2) is 5.55. The Morgan fingerprint density at radius 1 is 1.26 bits per heavy atom. The van der Waals surface area contributed by atoms with Crippen LogP contribution in [-0.2, 0) is 4.74 Å². The lowest BCUT2D eigenvalue weighted by atomic mass is 9.73. The number of hydrogen-bond donors (Lipinski definition) is 1.